The van der Waals surface area contributed by atoms with Crippen LogP contribution in [0.15, 0.2) is 65.6 Å². The van der Waals surface area contributed by atoms with Crippen molar-refractivity contribution in [2.24, 2.45) is 0 Å². The van der Waals surface area contributed by atoms with Crippen molar-refractivity contribution in [3.05, 3.63) is 71.8 Å². The Balaban J connectivity index is 1.98. The molecule has 2 aromatic carbocycles. The monoisotopic (exact) mass is 371 g/mol. The van der Waals surface area contributed by atoms with Gasteiger partial charge in [0.25, 0.3) is 0 Å². The zero-order valence-electron chi connectivity index (χ0n) is 15.0. The summed E-state index contributed by atoms with van der Waals surface area (Å²) in [4.78, 5) is 0.269. The van der Waals surface area contributed by atoms with Crippen molar-refractivity contribution in [1.29, 1.82) is 0 Å². The molecule has 5 heteroatoms. The van der Waals surface area contributed by atoms with Gasteiger partial charge in [-0.3, -0.25) is 0 Å². The lowest BCUT2D eigenvalue weighted by Gasteiger charge is -2.34. The average molecular weight is 372 g/mol. The summed E-state index contributed by atoms with van der Waals surface area (Å²) in [6.07, 6.45) is 4.73. The molecule has 0 spiro atoms. The smallest absolute Gasteiger partial charge is 0.241 e. The van der Waals surface area contributed by atoms with E-state index in [0.717, 1.165) is 23.1 Å². The molecule has 0 heterocycles. The highest BCUT2D eigenvalue weighted by Gasteiger charge is 2.41. The number of nitrogens with one attached hydrogen (secondary N) is 1. The van der Waals surface area contributed by atoms with Gasteiger partial charge in [0.05, 0.1) is 10.4 Å². The number of benzene rings is 2. The van der Waals surface area contributed by atoms with Gasteiger partial charge in [-0.2, -0.15) is 0 Å². The quantitative estimate of drug-likeness (QED) is 0.780. The first kappa shape index (κ1) is 18.8. The third-order valence-corrected chi connectivity index (χ3v) is 6.49. The van der Waals surface area contributed by atoms with Gasteiger partial charge in [-0.15, -0.1) is 0 Å². The zero-order valence-corrected chi connectivity index (χ0v) is 15.8. The summed E-state index contributed by atoms with van der Waals surface area (Å²) < 4.78 is 29.1. The molecule has 0 aliphatic heterocycles. The van der Waals surface area contributed by atoms with Gasteiger partial charge in [0.1, 0.15) is 0 Å². The molecular weight excluding hydrogens is 346 g/mol. The van der Waals surface area contributed by atoms with Gasteiger partial charge >= 0.3 is 0 Å². The maximum atomic E-state index is 13.0. The van der Waals surface area contributed by atoms with Crippen LogP contribution < -0.4 is 4.72 Å². The number of aliphatic hydroxyl groups is 1. The molecule has 0 fully saturated rings. The third-order valence-electron chi connectivity index (χ3n) is 4.94. The molecule has 1 aliphatic carbocycles. The molecule has 26 heavy (non-hydrogen) atoms. The third kappa shape index (κ3) is 3.90. The fourth-order valence-corrected chi connectivity index (χ4v) is 5.08. The topological polar surface area (TPSA) is 66.4 Å². The SMILES string of the molecule is Cc1ccc(S(=O)(=O)NC2(CCCO)CCC=C2c2ccccc2)cc1. The van der Waals surface area contributed by atoms with E-state index in [1.54, 1.807) is 24.3 Å². The number of sulfonamides is 1. The van der Waals surface area contributed by atoms with E-state index in [4.69, 9.17) is 0 Å². The predicted octanol–water partition coefficient (Wildman–Crippen LogP) is 3.66. The summed E-state index contributed by atoms with van der Waals surface area (Å²) in [6, 6.07) is 16.8. The standard InChI is InChI=1S/C21H25NO3S/c1-17-10-12-19(13-11-17)26(24,25)22-21(15-6-16-23)14-5-9-20(21)18-7-3-2-4-8-18/h2-4,7-13,22-23H,5-6,14-16H2,1H3. The first-order chi connectivity index (χ1) is 12.5. The number of hydrogen-bond acceptors (Lipinski definition) is 3. The van der Waals surface area contributed by atoms with E-state index >= 15 is 0 Å². The molecule has 1 atom stereocenters. The van der Waals surface area contributed by atoms with Crippen molar-refractivity contribution in [3.63, 3.8) is 0 Å². The molecule has 3 rings (SSSR count). The normalized spacial score (nSPS) is 20.2. The van der Waals surface area contributed by atoms with Crippen LogP contribution in [0, 0.1) is 6.92 Å². The summed E-state index contributed by atoms with van der Waals surface area (Å²) in [7, 11) is -3.66. The van der Waals surface area contributed by atoms with Gasteiger partial charge in [0.2, 0.25) is 10.0 Å². The Morgan fingerprint density at radius 2 is 1.77 bits per heavy atom. The summed E-state index contributed by atoms with van der Waals surface area (Å²) >= 11 is 0. The van der Waals surface area contributed by atoms with Crippen LogP contribution in [-0.4, -0.2) is 25.7 Å². The van der Waals surface area contributed by atoms with E-state index < -0.39 is 15.6 Å². The van der Waals surface area contributed by atoms with Crippen LogP contribution in [0.5, 0.6) is 0 Å². The Morgan fingerprint density at radius 3 is 2.42 bits per heavy atom. The van der Waals surface area contributed by atoms with E-state index in [1.165, 1.54) is 0 Å². The number of hydrogen-bond donors (Lipinski definition) is 2. The molecule has 4 nitrogen and oxygen atoms in total. The Morgan fingerprint density at radius 1 is 1.08 bits per heavy atom. The first-order valence-electron chi connectivity index (χ1n) is 8.94. The second kappa shape index (κ2) is 7.74. The lowest BCUT2D eigenvalue weighted by molar-refractivity contribution is 0.268. The van der Waals surface area contributed by atoms with E-state index in [1.807, 2.05) is 37.3 Å². The highest BCUT2D eigenvalue weighted by Crippen LogP contribution is 2.41. The lowest BCUT2D eigenvalue weighted by atomic mass is 9.84. The summed E-state index contributed by atoms with van der Waals surface area (Å²) in [5.74, 6) is 0. The van der Waals surface area contributed by atoms with Gasteiger partial charge in [-0.1, -0.05) is 54.1 Å². The molecule has 138 valence electrons. The Hall–Kier alpha value is -1.95. The van der Waals surface area contributed by atoms with Crippen LogP contribution in [0.25, 0.3) is 5.57 Å². The van der Waals surface area contributed by atoms with Gasteiger partial charge < -0.3 is 5.11 Å². The van der Waals surface area contributed by atoms with E-state index in [0.29, 0.717) is 19.3 Å². The van der Waals surface area contributed by atoms with Crippen molar-refractivity contribution in [2.75, 3.05) is 6.61 Å². The lowest BCUT2D eigenvalue weighted by Crippen LogP contribution is -2.47. The predicted molar refractivity (Wildman–Crippen MR) is 104 cm³/mol. The largest absolute Gasteiger partial charge is 0.396 e. The van der Waals surface area contributed by atoms with Gasteiger partial charge in [0.15, 0.2) is 0 Å². The number of allylic oxidation sites excluding steroid dienone is 1. The van der Waals surface area contributed by atoms with E-state index in [-0.39, 0.29) is 11.5 Å². The van der Waals surface area contributed by atoms with Gasteiger partial charge in [-0.25, -0.2) is 13.1 Å². The molecule has 0 aromatic heterocycles. The molecule has 0 saturated carbocycles. The molecule has 1 unspecified atom stereocenters. The molecule has 0 radical (unpaired) electrons. The minimum atomic E-state index is -3.66. The van der Waals surface area contributed by atoms with Gasteiger partial charge in [-0.05, 0) is 55.9 Å². The number of aryl methyl sites for hydroxylation is 1. The van der Waals surface area contributed by atoms with Crippen LogP contribution >= 0.6 is 0 Å². The molecule has 2 N–H and O–H groups in total. The number of rotatable bonds is 7. The number of aliphatic hydroxyl groups excluding tert-OH is 1. The Labute approximate surface area is 155 Å². The molecule has 2 aromatic rings. The highest BCUT2D eigenvalue weighted by molar-refractivity contribution is 7.89. The minimum absolute atomic E-state index is 0.0378. The second-order valence-electron chi connectivity index (χ2n) is 6.85. The van der Waals surface area contributed by atoms with Crippen molar-refractivity contribution < 1.29 is 13.5 Å². The Bertz CT molecular complexity index is 873. The molecule has 0 bridgehead atoms. The highest BCUT2D eigenvalue weighted by atomic mass is 32.2. The van der Waals surface area contributed by atoms with Crippen LogP contribution in [-0.2, 0) is 10.0 Å². The molecule has 1 aliphatic rings. The average Bonchev–Trinajstić information content (AvgIpc) is 3.04. The van der Waals surface area contributed by atoms with Crippen molar-refractivity contribution in [3.8, 4) is 0 Å². The van der Waals surface area contributed by atoms with Crippen LogP contribution in [0.2, 0.25) is 0 Å². The summed E-state index contributed by atoms with van der Waals surface area (Å²) in [6.45, 7) is 1.97. The van der Waals surface area contributed by atoms with E-state index in [9.17, 15) is 13.5 Å². The maximum absolute atomic E-state index is 13.0. The van der Waals surface area contributed by atoms with Crippen molar-refractivity contribution in [2.45, 2.75) is 43.0 Å². The molecule has 0 amide bonds. The maximum Gasteiger partial charge on any atom is 0.241 e. The van der Waals surface area contributed by atoms with E-state index in [2.05, 4.69) is 10.8 Å². The van der Waals surface area contributed by atoms with Crippen LogP contribution in [0.1, 0.15) is 36.8 Å². The minimum Gasteiger partial charge on any atom is -0.396 e. The van der Waals surface area contributed by atoms with Crippen LogP contribution in [0.4, 0.5) is 0 Å². The summed E-state index contributed by atoms with van der Waals surface area (Å²) in [5.41, 5.74) is 2.36. The fourth-order valence-electron chi connectivity index (χ4n) is 3.64. The first-order valence-corrected chi connectivity index (χ1v) is 10.4. The van der Waals surface area contributed by atoms with Crippen molar-refractivity contribution in [1.82, 2.24) is 4.72 Å². The summed E-state index contributed by atoms with van der Waals surface area (Å²) in [5, 5.41) is 9.35. The second-order valence-corrected chi connectivity index (χ2v) is 8.53. The van der Waals surface area contributed by atoms with Crippen molar-refractivity contribution >= 4 is 15.6 Å². The molecule has 0 saturated heterocycles. The van der Waals surface area contributed by atoms with Gasteiger partial charge in [0, 0.05) is 6.61 Å². The Kier molecular flexibility index (Phi) is 5.61. The fraction of sp³-hybridized carbons (Fsp3) is 0.333. The molecular formula is C21H25NO3S. The zero-order chi connectivity index (χ0) is 18.6. The van der Waals surface area contributed by atoms with Crippen LogP contribution in [0.3, 0.4) is 0 Å².